The molecule has 0 bridgehead atoms. The van der Waals surface area contributed by atoms with Crippen molar-refractivity contribution in [2.45, 2.75) is 13.1 Å². The third kappa shape index (κ3) is 2.01. The Bertz CT molecular complexity index is 373. The number of pyridine rings is 1. The second-order valence-corrected chi connectivity index (χ2v) is 2.66. The maximum Gasteiger partial charge on any atom is 0.433 e. The van der Waals surface area contributed by atoms with Gasteiger partial charge in [-0.25, -0.2) is 9.78 Å². The molecule has 0 fully saturated rings. The van der Waals surface area contributed by atoms with Crippen LogP contribution in [0.2, 0.25) is 0 Å². The SMILES string of the molecule is Cc1ccc(C(F)(F)F)nc1C(=O)O. The molecule has 0 radical (unpaired) electrons. The quantitative estimate of drug-likeness (QED) is 0.763. The predicted octanol–water partition coefficient (Wildman–Crippen LogP) is 2.11. The predicted molar refractivity (Wildman–Crippen MR) is 40.9 cm³/mol. The van der Waals surface area contributed by atoms with Gasteiger partial charge >= 0.3 is 12.1 Å². The van der Waals surface area contributed by atoms with Crippen LogP contribution in [-0.4, -0.2) is 16.1 Å². The molecule has 0 unspecified atom stereocenters. The number of aromatic carboxylic acids is 1. The Balaban J connectivity index is 3.27. The first-order valence-corrected chi connectivity index (χ1v) is 3.60. The number of carboxylic acids is 1. The van der Waals surface area contributed by atoms with Crippen LogP contribution in [0, 0.1) is 6.92 Å². The van der Waals surface area contributed by atoms with Gasteiger partial charge in [0, 0.05) is 0 Å². The number of hydrogen-bond donors (Lipinski definition) is 1. The first-order chi connectivity index (χ1) is 6.32. The number of hydrogen-bond acceptors (Lipinski definition) is 2. The largest absolute Gasteiger partial charge is 0.477 e. The molecule has 0 aliphatic rings. The summed E-state index contributed by atoms with van der Waals surface area (Å²) in [5.74, 6) is -1.46. The Kier molecular flexibility index (Phi) is 2.46. The fourth-order valence-electron chi connectivity index (χ4n) is 0.903. The van der Waals surface area contributed by atoms with Gasteiger partial charge in [-0.1, -0.05) is 6.07 Å². The molecule has 1 rings (SSSR count). The number of rotatable bonds is 1. The van der Waals surface area contributed by atoms with Gasteiger partial charge in [0.15, 0.2) is 5.69 Å². The van der Waals surface area contributed by atoms with E-state index in [0.29, 0.717) is 0 Å². The minimum Gasteiger partial charge on any atom is -0.477 e. The highest BCUT2D eigenvalue weighted by molar-refractivity contribution is 5.86. The van der Waals surface area contributed by atoms with E-state index in [0.717, 1.165) is 12.1 Å². The molecule has 0 spiro atoms. The summed E-state index contributed by atoms with van der Waals surface area (Å²) in [5.41, 5.74) is -1.56. The van der Waals surface area contributed by atoms with Crippen molar-refractivity contribution in [3.05, 3.63) is 29.1 Å². The monoisotopic (exact) mass is 205 g/mol. The zero-order chi connectivity index (χ0) is 10.9. The lowest BCUT2D eigenvalue weighted by Gasteiger charge is -2.07. The van der Waals surface area contributed by atoms with Crippen LogP contribution in [0.4, 0.5) is 13.2 Å². The maximum absolute atomic E-state index is 12.1. The van der Waals surface area contributed by atoms with Gasteiger partial charge in [0.1, 0.15) is 5.69 Å². The number of nitrogens with zero attached hydrogens (tertiary/aromatic N) is 1. The van der Waals surface area contributed by atoms with E-state index in [-0.39, 0.29) is 5.56 Å². The van der Waals surface area contributed by atoms with Crippen molar-refractivity contribution in [2.75, 3.05) is 0 Å². The van der Waals surface area contributed by atoms with E-state index in [9.17, 15) is 18.0 Å². The van der Waals surface area contributed by atoms with Crippen molar-refractivity contribution in [2.24, 2.45) is 0 Å². The fraction of sp³-hybridized carbons (Fsp3) is 0.250. The lowest BCUT2D eigenvalue weighted by Crippen LogP contribution is -2.12. The minimum atomic E-state index is -4.61. The highest BCUT2D eigenvalue weighted by atomic mass is 19.4. The minimum absolute atomic E-state index is 0.200. The Morgan fingerprint density at radius 3 is 2.43 bits per heavy atom. The van der Waals surface area contributed by atoms with Gasteiger partial charge in [-0.2, -0.15) is 13.2 Å². The first kappa shape index (κ1) is 10.5. The number of aryl methyl sites for hydroxylation is 1. The molecule has 0 saturated heterocycles. The number of carbonyl (C=O) groups is 1. The molecule has 3 nitrogen and oxygen atoms in total. The van der Waals surface area contributed by atoms with E-state index in [2.05, 4.69) is 4.98 Å². The average Bonchev–Trinajstić information content (AvgIpc) is 2.02. The van der Waals surface area contributed by atoms with Gasteiger partial charge in [-0.05, 0) is 18.6 Å². The molecule has 0 aliphatic heterocycles. The third-order valence-electron chi connectivity index (χ3n) is 1.59. The van der Waals surface area contributed by atoms with Crippen LogP contribution in [0.25, 0.3) is 0 Å². The van der Waals surface area contributed by atoms with Gasteiger partial charge in [0.05, 0.1) is 0 Å². The molecule has 1 aromatic rings. The Labute approximate surface area is 77.2 Å². The van der Waals surface area contributed by atoms with Crippen molar-refractivity contribution in [3.63, 3.8) is 0 Å². The van der Waals surface area contributed by atoms with Gasteiger partial charge in [-0.3, -0.25) is 0 Å². The summed E-state index contributed by atoms with van der Waals surface area (Å²) in [6.07, 6.45) is -4.61. The summed E-state index contributed by atoms with van der Waals surface area (Å²) in [6.45, 7) is 1.39. The zero-order valence-corrected chi connectivity index (χ0v) is 7.09. The fourth-order valence-corrected chi connectivity index (χ4v) is 0.903. The van der Waals surface area contributed by atoms with Crippen LogP contribution in [0.5, 0.6) is 0 Å². The molecule has 1 heterocycles. The van der Waals surface area contributed by atoms with Crippen molar-refractivity contribution in [1.82, 2.24) is 4.98 Å². The van der Waals surface area contributed by atoms with Crippen molar-refractivity contribution < 1.29 is 23.1 Å². The molecule has 0 atom stereocenters. The van der Waals surface area contributed by atoms with Crippen LogP contribution >= 0.6 is 0 Å². The molecule has 6 heteroatoms. The van der Waals surface area contributed by atoms with E-state index in [1.54, 1.807) is 0 Å². The molecule has 1 N–H and O–H groups in total. The van der Waals surface area contributed by atoms with E-state index >= 15 is 0 Å². The number of aromatic nitrogens is 1. The first-order valence-electron chi connectivity index (χ1n) is 3.60. The lowest BCUT2D eigenvalue weighted by atomic mass is 10.2. The van der Waals surface area contributed by atoms with Crippen molar-refractivity contribution >= 4 is 5.97 Å². The number of carboxylic acid groups (broad SMARTS) is 1. The molecule has 0 aromatic carbocycles. The van der Waals surface area contributed by atoms with Crippen LogP contribution in [0.3, 0.4) is 0 Å². The Morgan fingerprint density at radius 1 is 1.43 bits per heavy atom. The summed E-state index contributed by atoms with van der Waals surface area (Å²) < 4.78 is 36.3. The van der Waals surface area contributed by atoms with E-state index in [1.165, 1.54) is 6.92 Å². The third-order valence-corrected chi connectivity index (χ3v) is 1.59. The molecular formula is C8H6F3NO2. The van der Waals surface area contributed by atoms with Crippen LogP contribution in [0.1, 0.15) is 21.7 Å². The second-order valence-electron chi connectivity index (χ2n) is 2.66. The number of alkyl halides is 3. The van der Waals surface area contributed by atoms with Crippen molar-refractivity contribution in [3.8, 4) is 0 Å². The Hall–Kier alpha value is -1.59. The van der Waals surface area contributed by atoms with Crippen LogP contribution in [0.15, 0.2) is 12.1 Å². The number of halogens is 3. The summed E-state index contributed by atoms with van der Waals surface area (Å²) >= 11 is 0. The lowest BCUT2D eigenvalue weighted by molar-refractivity contribution is -0.141. The molecule has 1 aromatic heterocycles. The summed E-state index contributed by atoms with van der Waals surface area (Å²) in [5, 5.41) is 8.53. The molecule has 0 saturated carbocycles. The summed E-state index contributed by atoms with van der Waals surface area (Å²) in [7, 11) is 0. The molecule has 0 amide bonds. The topological polar surface area (TPSA) is 50.2 Å². The Morgan fingerprint density at radius 2 is 2.00 bits per heavy atom. The summed E-state index contributed by atoms with van der Waals surface area (Å²) in [6, 6.07) is 1.83. The van der Waals surface area contributed by atoms with E-state index < -0.39 is 23.5 Å². The van der Waals surface area contributed by atoms with E-state index in [4.69, 9.17) is 5.11 Å². The highest BCUT2D eigenvalue weighted by Gasteiger charge is 2.33. The van der Waals surface area contributed by atoms with Gasteiger partial charge in [0.2, 0.25) is 0 Å². The summed E-state index contributed by atoms with van der Waals surface area (Å²) in [4.78, 5) is 13.5. The normalized spacial score (nSPS) is 11.4. The second kappa shape index (κ2) is 3.28. The van der Waals surface area contributed by atoms with Gasteiger partial charge < -0.3 is 5.11 Å². The zero-order valence-electron chi connectivity index (χ0n) is 7.09. The van der Waals surface area contributed by atoms with Gasteiger partial charge in [0.25, 0.3) is 0 Å². The molecular weight excluding hydrogens is 199 g/mol. The maximum atomic E-state index is 12.1. The van der Waals surface area contributed by atoms with Crippen LogP contribution < -0.4 is 0 Å². The standard InChI is InChI=1S/C8H6F3NO2/c1-4-2-3-5(8(9,10)11)12-6(4)7(13)14/h2-3H,1H3,(H,13,14). The van der Waals surface area contributed by atoms with Gasteiger partial charge in [-0.15, -0.1) is 0 Å². The smallest absolute Gasteiger partial charge is 0.433 e. The average molecular weight is 205 g/mol. The molecule has 14 heavy (non-hydrogen) atoms. The van der Waals surface area contributed by atoms with E-state index in [1.807, 2.05) is 0 Å². The van der Waals surface area contributed by atoms with Crippen LogP contribution in [-0.2, 0) is 6.18 Å². The molecule has 0 aliphatic carbocycles. The van der Waals surface area contributed by atoms with Crippen molar-refractivity contribution in [1.29, 1.82) is 0 Å². The highest BCUT2D eigenvalue weighted by Crippen LogP contribution is 2.28. The molecule has 76 valence electrons.